The zero-order valence-corrected chi connectivity index (χ0v) is 19.1. The first-order chi connectivity index (χ1) is 14.5. The third-order valence-electron chi connectivity index (χ3n) is 5.00. The molecule has 3 aromatic rings. The molecule has 0 spiro atoms. The zero-order chi connectivity index (χ0) is 21.1. The van der Waals surface area contributed by atoms with Gasteiger partial charge in [0, 0.05) is 10.6 Å². The lowest BCUT2D eigenvalue weighted by Crippen LogP contribution is -2.14. The summed E-state index contributed by atoms with van der Waals surface area (Å²) < 4.78 is 0.723. The number of nitriles is 1. The summed E-state index contributed by atoms with van der Waals surface area (Å²) in [6.07, 6.45) is 3.00. The van der Waals surface area contributed by atoms with Crippen LogP contribution in [0, 0.1) is 24.2 Å². The Balaban J connectivity index is 1.35. The number of rotatable bonds is 6. The lowest BCUT2D eigenvalue weighted by Gasteiger charge is -2.17. The summed E-state index contributed by atoms with van der Waals surface area (Å²) >= 11 is 4.31. The fourth-order valence-corrected chi connectivity index (χ4v) is 6.34. The van der Waals surface area contributed by atoms with E-state index in [1.807, 2.05) is 31.2 Å². The molecular weight excluding hydrogens is 434 g/mol. The molecule has 2 aromatic heterocycles. The first kappa shape index (κ1) is 20.8. The molecule has 154 valence electrons. The number of hydrogen-bond donors (Lipinski definition) is 2. The highest BCUT2D eigenvalue weighted by Crippen LogP contribution is 2.39. The van der Waals surface area contributed by atoms with E-state index in [-0.39, 0.29) is 11.7 Å². The highest BCUT2D eigenvalue weighted by molar-refractivity contribution is 8.01. The van der Waals surface area contributed by atoms with Gasteiger partial charge in [-0.05, 0) is 49.3 Å². The summed E-state index contributed by atoms with van der Waals surface area (Å²) in [5.74, 6) is 0.719. The number of nitrogens with one attached hydrogen (secondary N) is 2. The van der Waals surface area contributed by atoms with Crippen LogP contribution < -0.4 is 10.6 Å². The van der Waals surface area contributed by atoms with Gasteiger partial charge in [-0.1, -0.05) is 48.2 Å². The van der Waals surface area contributed by atoms with Gasteiger partial charge in [0.2, 0.25) is 11.0 Å². The number of thiophene rings is 1. The number of fused-ring (bicyclic) bond motifs is 1. The number of carbonyl (C=O) groups excluding carboxylic acids is 1. The van der Waals surface area contributed by atoms with Crippen molar-refractivity contribution in [2.24, 2.45) is 5.92 Å². The summed E-state index contributed by atoms with van der Waals surface area (Å²) in [5, 5.41) is 25.5. The van der Waals surface area contributed by atoms with Crippen molar-refractivity contribution < 1.29 is 4.79 Å². The topological polar surface area (TPSA) is 90.7 Å². The van der Waals surface area contributed by atoms with Crippen molar-refractivity contribution in [1.29, 1.82) is 5.26 Å². The maximum absolute atomic E-state index is 12.5. The Hall–Kier alpha value is -2.41. The maximum Gasteiger partial charge on any atom is 0.235 e. The summed E-state index contributed by atoms with van der Waals surface area (Å²) in [4.78, 5) is 13.7. The van der Waals surface area contributed by atoms with Gasteiger partial charge in [-0.15, -0.1) is 21.5 Å². The normalized spacial score (nSPS) is 15.3. The highest BCUT2D eigenvalue weighted by atomic mass is 32.2. The molecular formula is C21H21N5OS3. The first-order valence-corrected chi connectivity index (χ1v) is 12.3. The number of anilines is 3. The van der Waals surface area contributed by atoms with Crippen molar-refractivity contribution in [2.75, 3.05) is 16.4 Å². The number of thioether (sulfide) groups is 1. The summed E-state index contributed by atoms with van der Waals surface area (Å²) in [6.45, 7) is 4.26. The molecule has 0 bridgehead atoms. The third-order valence-corrected chi connectivity index (χ3v) is 8.14. The van der Waals surface area contributed by atoms with Gasteiger partial charge in [-0.2, -0.15) is 5.26 Å². The summed E-state index contributed by atoms with van der Waals surface area (Å²) in [5.41, 5.74) is 3.88. The van der Waals surface area contributed by atoms with E-state index in [0.717, 1.165) is 40.4 Å². The Morgan fingerprint density at radius 3 is 2.97 bits per heavy atom. The van der Waals surface area contributed by atoms with E-state index in [9.17, 15) is 10.1 Å². The number of aromatic nitrogens is 2. The Bertz CT molecular complexity index is 1110. The Labute approximate surface area is 187 Å². The predicted molar refractivity (Wildman–Crippen MR) is 124 cm³/mol. The van der Waals surface area contributed by atoms with E-state index in [0.29, 0.717) is 21.6 Å². The van der Waals surface area contributed by atoms with Gasteiger partial charge < -0.3 is 10.6 Å². The molecule has 0 fully saturated rings. The Morgan fingerprint density at radius 1 is 1.33 bits per heavy atom. The molecule has 0 saturated heterocycles. The van der Waals surface area contributed by atoms with Gasteiger partial charge in [0.15, 0.2) is 4.34 Å². The van der Waals surface area contributed by atoms with Gasteiger partial charge in [0.25, 0.3) is 0 Å². The van der Waals surface area contributed by atoms with Gasteiger partial charge in [0.1, 0.15) is 11.1 Å². The van der Waals surface area contributed by atoms with Crippen molar-refractivity contribution in [3.63, 3.8) is 0 Å². The van der Waals surface area contributed by atoms with Gasteiger partial charge in [-0.25, -0.2) is 0 Å². The molecule has 1 aliphatic rings. The summed E-state index contributed by atoms with van der Waals surface area (Å²) in [7, 11) is 0. The zero-order valence-electron chi connectivity index (χ0n) is 16.7. The minimum Gasteiger partial charge on any atom is -0.330 e. The number of para-hydroxylation sites is 1. The van der Waals surface area contributed by atoms with Crippen LogP contribution in [-0.2, 0) is 17.6 Å². The molecule has 1 atom stereocenters. The highest BCUT2D eigenvalue weighted by Gasteiger charge is 2.24. The van der Waals surface area contributed by atoms with Crippen LogP contribution in [0.1, 0.15) is 34.9 Å². The summed E-state index contributed by atoms with van der Waals surface area (Å²) in [6, 6.07) is 10.3. The predicted octanol–water partition coefficient (Wildman–Crippen LogP) is 5.38. The largest absolute Gasteiger partial charge is 0.330 e. The quantitative estimate of drug-likeness (QED) is 0.485. The van der Waals surface area contributed by atoms with Gasteiger partial charge in [-0.3, -0.25) is 4.79 Å². The fourth-order valence-electron chi connectivity index (χ4n) is 3.39. The number of nitrogens with zero attached hydrogens (tertiary/aromatic N) is 3. The second-order valence-electron chi connectivity index (χ2n) is 7.32. The van der Waals surface area contributed by atoms with Crippen LogP contribution in [0.3, 0.4) is 0 Å². The lowest BCUT2D eigenvalue weighted by molar-refractivity contribution is -0.113. The van der Waals surface area contributed by atoms with E-state index < -0.39 is 0 Å². The second kappa shape index (κ2) is 9.16. The minimum absolute atomic E-state index is 0.133. The molecule has 1 unspecified atom stereocenters. The van der Waals surface area contributed by atoms with Gasteiger partial charge in [0.05, 0.1) is 11.3 Å². The SMILES string of the molecule is Cc1ccccc1Nc1nnc(SCC(=O)Nc2sc3c(c2C#N)CCC(C)C3)s1. The molecule has 0 radical (unpaired) electrons. The van der Waals surface area contributed by atoms with E-state index >= 15 is 0 Å². The van der Waals surface area contributed by atoms with E-state index in [1.54, 1.807) is 11.3 Å². The molecule has 1 amide bonds. The minimum atomic E-state index is -0.133. The number of aryl methyl sites for hydroxylation is 1. The van der Waals surface area contributed by atoms with Crippen molar-refractivity contribution in [3.05, 3.63) is 45.8 Å². The van der Waals surface area contributed by atoms with Crippen LogP contribution in [-0.4, -0.2) is 21.9 Å². The van der Waals surface area contributed by atoms with Crippen molar-refractivity contribution >= 4 is 56.2 Å². The molecule has 0 saturated carbocycles. The lowest BCUT2D eigenvalue weighted by atomic mass is 9.89. The van der Waals surface area contributed by atoms with E-state index in [1.165, 1.54) is 28.0 Å². The number of carbonyl (C=O) groups is 1. The average molecular weight is 456 g/mol. The molecule has 1 aliphatic carbocycles. The number of amides is 1. The van der Waals surface area contributed by atoms with Crippen LogP contribution in [0.4, 0.5) is 15.8 Å². The van der Waals surface area contributed by atoms with Crippen LogP contribution in [0.25, 0.3) is 0 Å². The van der Waals surface area contributed by atoms with Crippen molar-refractivity contribution in [1.82, 2.24) is 10.2 Å². The molecule has 30 heavy (non-hydrogen) atoms. The van der Waals surface area contributed by atoms with Crippen LogP contribution in [0.5, 0.6) is 0 Å². The standard InChI is InChI=1S/C21H21N5OS3/c1-12-7-8-14-15(10-22)19(29-17(14)9-12)24-18(27)11-28-21-26-25-20(30-21)23-16-6-4-3-5-13(16)2/h3-6,12H,7-9,11H2,1-2H3,(H,23,25)(H,24,27). The number of benzene rings is 1. The molecule has 6 nitrogen and oxygen atoms in total. The van der Waals surface area contributed by atoms with Crippen molar-refractivity contribution in [2.45, 2.75) is 37.4 Å². The monoisotopic (exact) mass is 455 g/mol. The second-order valence-corrected chi connectivity index (χ2v) is 10.6. The van der Waals surface area contributed by atoms with E-state index in [4.69, 9.17) is 0 Å². The molecule has 4 rings (SSSR count). The smallest absolute Gasteiger partial charge is 0.235 e. The first-order valence-electron chi connectivity index (χ1n) is 9.67. The van der Waals surface area contributed by atoms with Gasteiger partial charge >= 0.3 is 0 Å². The van der Waals surface area contributed by atoms with Crippen LogP contribution >= 0.6 is 34.4 Å². The number of hydrogen-bond acceptors (Lipinski definition) is 8. The Kier molecular flexibility index (Phi) is 6.37. The molecule has 9 heteroatoms. The van der Waals surface area contributed by atoms with Crippen LogP contribution in [0.15, 0.2) is 28.6 Å². The molecule has 2 N–H and O–H groups in total. The van der Waals surface area contributed by atoms with Crippen molar-refractivity contribution in [3.8, 4) is 6.07 Å². The Morgan fingerprint density at radius 2 is 2.17 bits per heavy atom. The molecule has 2 heterocycles. The third kappa shape index (κ3) is 4.67. The maximum atomic E-state index is 12.5. The molecule has 0 aliphatic heterocycles. The fraction of sp³-hybridized carbons (Fsp3) is 0.333. The average Bonchev–Trinajstić information content (AvgIpc) is 3.31. The molecule has 1 aromatic carbocycles. The van der Waals surface area contributed by atoms with Crippen LogP contribution in [0.2, 0.25) is 0 Å². The van der Waals surface area contributed by atoms with E-state index in [2.05, 4.69) is 33.8 Å².